The summed E-state index contributed by atoms with van der Waals surface area (Å²) in [4.78, 5) is 10.9. The number of ether oxygens (including phenoxy) is 1. The monoisotopic (exact) mass is 182 g/mol. The summed E-state index contributed by atoms with van der Waals surface area (Å²) in [5, 5.41) is 0. The Labute approximate surface area is 77.7 Å². The van der Waals surface area contributed by atoms with E-state index in [1.54, 1.807) is 12.1 Å². The van der Waals surface area contributed by atoms with Crippen LogP contribution in [0.25, 0.3) is 0 Å². The predicted molar refractivity (Wildman–Crippen MR) is 49.1 cm³/mol. The van der Waals surface area contributed by atoms with E-state index < -0.39 is 0 Å². The van der Waals surface area contributed by atoms with Crippen molar-refractivity contribution in [1.82, 2.24) is 0 Å². The lowest BCUT2D eigenvalue weighted by Gasteiger charge is -2.08. The van der Waals surface area contributed by atoms with E-state index in [1.165, 1.54) is 6.92 Å². The lowest BCUT2D eigenvalue weighted by molar-refractivity contribution is 0.0969. The van der Waals surface area contributed by atoms with Crippen LogP contribution < -0.4 is 4.74 Å². The highest BCUT2D eigenvalue weighted by molar-refractivity contribution is 5.91. The van der Waals surface area contributed by atoms with Gasteiger partial charge in [-0.15, -0.1) is 0 Å². The summed E-state index contributed by atoms with van der Waals surface area (Å²) in [6.07, 6.45) is 1.03. The van der Waals surface area contributed by atoms with Gasteiger partial charge in [0.1, 0.15) is 0 Å². The van der Waals surface area contributed by atoms with Gasteiger partial charge in [0.15, 0.2) is 11.5 Å². The molecule has 3 nitrogen and oxygen atoms in total. The minimum Gasteiger partial charge on any atom is -0.462 e. The standard InChI is InChI=1S/C10H14O3/c1-4-7(2)12-10-6-5-9(13-10)8(3)11/h5-7H,4H2,1-3H3. The van der Waals surface area contributed by atoms with Crippen LogP contribution in [0.1, 0.15) is 37.7 Å². The van der Waals surface area contributed by atoms with Gasteiger partial charge in [-0.3, -0.25) is 4.79 Å². The zero-order valence-corrected chi connectivity index (χ0v) is 8.16. The summed E-state index contributed by atoms with van der Waals surface area (Å²) >= 11 is 0. The van der Waals surface area contributed by atoms with Crippen LogP contribution in [-0.2, 0) is 0 Å². The predicted octanol–water partition coefficient (Wildman–Crippen LogP) is 2.66. The summed E-state index contributed by atoms with van der Waals surface area (Å²) < 4.78 is 10.5. The van der Waals surface area contributed by atoms with E-state index in [-0.39, 0.29) is 11.9 Å². The third-order valence-corrected chi connectivity index (χ3v) is 1.82. The SMILES string of the molecule is CCC(C)Oc1ccc(C(C)=O)o1. The van der Waals surface area contributed by atoms with Crippen LogP contribution in [0.5, 0.6) is 5.95 Å². The molecule has 1 heterocycles. The van der Waals surface area contributed by atoms with Gasteiger partial charge >= 0.3 is 0 Å². The fourth-order valence-corrected chi connectivity index (χ4v) is 0.854. The van der Waals surface area contributed by atoms with Gasteiger partial charge in [-0.05, 0) is 19.4 Å². The first-order valence-corrected chi connectivity index (χ1v) is 4.41. The Bertz CT molecular complexity index is 288. The van der Waals surface area contributed by atoms with Crippen molar-refractivity contribution >= 4 is 5.78 Å². The zero-order chi connectivity index (χ0) is 9.84. The Kier molecular flexibility index (Phi) is 3.12. The summed E-state index contributed by atoms with van der Waals surface area (Å²) in [6, 6.07) is 3.29. The Morgan fingerprint density at radius 3 is 2.77 bits per heavy atom. The van der Waals surface area contributed by atoms with E-state index in [2.05, 4.69) is 0 Å². The van der Waals surface area contributed by atoms with Gasteiger partial charge in [0.25, 0.3) is 5.95 Å². The number of hydrogen-bond acceptors (Lipinski definition) is 3. The molecule has 1 unspecified atom stereocenters. The molecule has 0 radical (unpaired) electrons. The van der Waals surface area contributed by atoms with Crippen molar-refractivity contribution in [2.24, 2.45) is 0 Å². The van der Waals surface area contributed by atoms with Gasteiger partial charge in [-0.2, -0.15) is 0 Å². The molecular formula is C10H14O3. The first kappa shape index (κ1) is 9.84. The molecule has 13 heavy (non-hydrogen) atoms. The Hall–Kier alpha value is -1.25. The quantitative estimate of drug-likeness (QED) is 0.672. The highest BCUT2D eigenvalue weighted by Gasteiger charge is 2.08. The van der Waals surface area contributed by atoms with E-state index in [0.29, 0.717) is 11.7 Å². The van der Waals surface area contributed by atoms with Crippen LogP contribution in [-0.4, -0.2) is 11.9 Å². The third-order valence-electron chi connectivity index (χ3n) is 1.82. The third kappa shape index (κ3) is 2.61. The Morgan fingerprint density at radius 1 is 1.62 bits per heavy atom. The van der Waals surface area contributed by atoms with Gasteiger partial charge in [0.2, 0.25) is 0 Å². The second-order valence-corrected chi connectivity index (χ2v) is 3.01. The first-order valence-electron chi connectivity index (χ1n) is 4.41. The first-order chi connectivity index (χ1) is 6.13. The molecule has 0 amide bonds. The average molecular weight is 182 g/mol. The van der Waals surface area contributed by atoms with Crippen molar-refractivity contribution in [3.05, 3.63) is 17.9 Å². The van der Waals surface area contributed by atoms with E-state index in [9.17, 15) is 4.79 Å². The number of carbonyl (C=O) groups excluding carboxylic acids is 1. The average Bonchev–Trinajstić information content (AvgIpc) is 2.52. The lowest BCUT2D eigenvalue weighted by atomic mass is 10.3. The van der Waals surface area contributed by atoms with Crippen LogP contribution in [0.2, 0.25) is 0 Å². The number of hydrogen-bond donors (Lipinski definition) is 0. The normalized spacial score (nSPS) is 12.5. The molecule has 72 valence electrons. The molecule has 0 spiro atoms. The van der Waals surface area contributed by atoms with Crippen LogP contribution >= 0.6 is 0 Å². The highest BCUT2D eigenvalue weighted by Crippen LogP contribution is 2.18. The van der Waals surface area contributed by atoms with Crippen LogP contribution in [0.4, 0.5) is 0 Å². The molecule has 0 bridgehead atoms. The topological polar surface area (TPSA) is 39.4 Å². The molecule has 0 saturated carbocycles. The van der Waals surface area contributed by atoms with Crippen molar-refractivity contribution in [3.8, 4) is 5.95 Å². The number of carbonyl (C=O) groups is 1. The Balaban J connectivity index is 2.64. The maximum Gasteiger partial charge on any atom is 0.285 e. The number of rotatable bonds is 4. The van der Waals surface area contributed by atoms with Gasteiger partial charge in [-0.1, -0.05) is 6.92 Å². The molecule has 1 aromatic rings. The fraction of sp³-hybridized carbons (Fsp3) is 0.500. The number of Topliss-reactive ketones (excluding diaryl/α,β-unsaturated/α-hetero) is 1. The zero-order valence-electron chi connectivity index (χ0n) is 8.16. The van der Waals surface area contributed by atoms with Crippen molar-refractivity contribution in [3.63, 3.8) is 0 Å². The van der Waals surface area contributed by atoms with Crippen LogP contribution in [0.15, 0.2) is 16.5 Å². The van der Waals surface area contributed by atoms with E-state index in [4.69, 9.17) is 9.15 Å². The van der Waals surface area contributed by atoms with Crippen molar-refractivity contribution < 1.29 is 13.9 Å². The van der Waals surface area contributed by atoms with Gasteiger partial charge in [0.05, 0.1) is 6.10 Å². The molecule has 0 aliphatic heterocycles. The lowest BCUT2D eigenvalue weighted by Crippen LogP contribution is -2.08. The maximum absolute atomic E-state index is 10.9. The molecule has 1 atom stereocenters. The van der Waals surface area contributed by atoms with Crippen molar-refractivity contribution in [2.45, 2.75) is 33.3 Å². The second kappa shape index (κ2) is 4.12. The molecule has 0 aliphatic rings. The molecule has 0 N–H and O–H groups in total. The van der Waals surface area contributed by atoms with Crippen molar-refractivity contribution in [1.29, 1.82) is 0 Å². The maximum atomic E-state index is 10.9. The van der Waals surface area contributed by atoms with E-state index >= 15 is 0 Å². The molecule has 3 heteroatoms. The van der Waals surface area contributed by atoms with Gasteiger partial charge < -0.3 is 9.15 Å². The number of furan rings is 1. The highest BCUT2D eigenvalue weighted by atomic mass is 16.6. The molecule has 1 aromatic heterocycles. The second-order valence-electron chi connectivity index (χ2n) is 3.01. The van der Waals surface area contributed by atoms with E-state index in [0.717, 1.165) is 6.42 Å². The summed E-state index contributed by atoms with van der Waals surface area (Å²) in [7, 11) is 0. The minimum absolute atomic E-state index is 0.0843. The molecule has 0 saturated heterocycles. The van der Waals surface area contributed by atoms with Gasteiger partial charge in [-0.25, -0.2) is 0 Å². The Morgan fingerprint density at radius 2 is 2.31 bits per heavy atom. The molecular weight excluding hydrogens is 168 g/mol. The van der Waals surface area contributed by atoms with Gasteiger partial charge in [0, 0.05) is 13.0 Å². The van der Waals surface area contributed by atoms with Crippen LogP contribution in [0, 0.1) is 0 Å². The number of ketones is 1. The molecule has 0 aromatic carbocycles. The van der Waals surface area contributed by atoms with Crippen molar-refractivity contribution in [2.75, 3.05) is 0 Å². The summed E-state index contributed by atoms with van der Waals surface area (Å²) in [5.74, 6) is 0.678. The minimum atomic E-state index is -0.0843. The smallest absolute Gasteiger partial charge is 0.285 e. The largest absolute Gasteiger partial charge is 0.462 e. The fourth-order valence-electron chi connectivity index (χ4n) is 0.854. The molecule has 1 rings (SSSR count). The van der Waals surface area contributed by atoms with E-state index in [1.807, 2.05) is 13.8 Å². The van der Waals surface area contributed by atoms with Crippen LogP contribution in [0.3, 0.4) is 0 Å². The summed E-state index contributed by atoms with van der Waals surface area (Å²) in [6.45, 7) is 5.45. The summed E-state index contributed by atoms with van der Waals surface area (Å²) in [5.41, 5.74) is 0. The molecule has 0 fully saturated rings. The molecule has 0 aliphatic carbocycles.